The van der Waals surface area contributed by atoms with Crippen LogP contribution in [0.2, 0.25) is 0 Å². The van der Waals surface area contributed by atoms with E-state index < -0.39 is 0 Å². The van der Waals surface area contributed by atoms with E-state index in [1.54, 1.807) is 0 Å². The van der Waals surface area contributed by atoms with Crippen molar-refractivity contribution in [2.75, 3.05) is 18.5 Å². The zero-order valence-corrected chi connectivity index (χ0v) is 11.3. The Labute approximate surface area is 115 Å². The molecule has 0 aromatic heterocycles. The lowest BCUT2D eigenvalue weighted by Crippen LogP contribution is -2.41. The van der Waals surface area contributed by atoms with Gasteiger partial charge in [0, 0.05) is 36.4 Å². The Morgan fingerprint density at radius 1 is 1.26 bits per heavy atom. The third-order valence-electron chi connectivity index (χ3n) is 4.42. The van der Waals surface area contributed by atoms with E-state index in [4.69, 9.17) is 9.84 Å². The molecular formula is C16H23NO2. The number of fused-ring (bicyclic) bond motifs is 3. The van der Waals surface area contributed by atoms with Crippen LogP contribution in [0.25, 0.3) is 0 Å². The van der Waals surface area contributed by atoms with Crippen molar-refractivity contribution in [3.05, 3.63) is 29.8 Å². The first-order chi connectivity index (χ1) is 9.40. The summed E-state index contributed by atoms with van der Waals surface area (Å²) in [4.78, 5) is 0. The second kappa shape index (κ2) is 5.93. The van der Waals surface area contributed by atoms with E-state index in [1.807, 2.05) is 0 Å². The quantitative estimate of drug-likeness (QED) is 0.818. The minimum atomic E-state index is 0.269. The number of hydrogen-bond acceptors (Lipinski definition) is 3. The number of rotatable bonds is 4. The number of ether oxygens (including phenoxy) is 1. The van der Waals surface area contributed by atoms with Crippen molar-refractivity contribution in [3.8, 4) is 0 Å². The Bertz CT molecular complexity index is 421. The first-order valence-corrected chi connectivity index (χ1v) is 7.48. The number of para-hydroxylation sites is 1. The third-order valence-corrected chi connectivity index (χ3v) is 4.42. The summed E-state index contributed by atoms with van der Waals surface area (Å²) < 4.78 is 6.06. The lowest BCUT2D eigenvalue weighted by atomic mass is 9.78. The molecule has 2 heterocycles. The summed E-state index contributed by atoms with van der Waals surface area (Å²) in [6.07, 6.45) is 5.79. The van der Waals surface area contributed by atoms with Crippen LogP contribution in [-0.4, -0.2) is 24.4 Å². The molecule has 1 aromatic carbocycles. The summed E-state index contributed by atoms with van der Waals surface area (Å²) >= 11 is 0. The van der Waals surface area contributed by atoms with E-state index in [1.165, 1.54) is 24.1 Å². The fourth-order valence-corrected chi connectivity index (χ4v) is 3.48. The van der Waals surface area contributed by atoms with Gasteiger partial charge in [-0.05, 0) is 38.2 Å². The van der Waals surface area contributed by atoms with Crippen LogP contribution in [0, 0.1) is 5.92 Å². The molecule has 0 spiro atoms. The Kier molecular flexibility index (Phi) is 4.04. The van der Waals surface area contributed by atoms with Crippen molar-refractivity contribution in [2.45, 2.75) is 44.2 Å². The molecule has 2 aliphatic heterocycles. The first-order valence-electron chi connectivity index (χ1n) is 7.48. The Balaban J connectivity index is 1.79. The monoisotopic (exact) mass is 261 g/mol. The molecule has 0 aliphatic carbocycles. The molecule has 1 saturated heterocycles. The third kappa shape index (κ3) is 2.63. The van der Waals surface area contributed by atoms with Gasteiger partial charge in [0.1, 0.15) is 0 Å². The number of anilines is 1. The van der Waals surface area contributed by atoms with Crippen molar-refractivity contribution >= 4 is 5.69 Å². The van der Waals surface area contributed by atoms with Gasteiger partial charge in [0.05, 0.1) is 6.10 Å². The van der Waals surface area contributed by atoms with Crippen molar-refractivity contribution in [3.63, 3.8) is 0 Å². The van der Waals surface area contributed by atoms with E-state index >= 15 is 0 Å². The van der Waals surface area contributed by atoms with Crippen LogP contribution in [-0.2, 0) is 4.74 Å². The average Bonchev–Trinajstić information content (AvgIpc) is 2.47. The molecule has 0 bridgehead atoms. The zero-order valence-electron chi connectivity index (χ0n) is 11.3. The lowest BCUT2D eigenvalue weighted by molar-refractivity contribution is -0.0387. The number of nitrogens with one attached hydrogen (secondary N) is 1. The van der Waals surface area contributed by atoms with Gasteiger partial charge < -0.3 is 15.2 Å². The van der Waals surface area contributed by atoms with Crippen molar-refractivity contribution < 1.29 is 9.84 Å². The van der Waals surface area contributed by atoms with Gasteiger partial charge in [-0.1, -0.05) is 18.2 Å². The van der Waals surface area contributed by atoms with Crippen LogP contribution in [0.3, 0.4) is 0 Å². The fraction of sp³-hybridized carbons (Fsp3) is 0.625. The smallest absolute Gasteiger partial charge is 0.0892 e. The molecule has 0 saturated carbocycles. The number of benzene rings is 1. The molecule has 3 nitrogen and oxygen atoms in total. The molecular weight excluding hydrogens is 238 g/mol. The van der Waals surface area contributed by atoms with E-state index in [0.717, 1.165) is 25.9 Å². The highest BCUT2D eigenvalue weighted by molar-refractivity contribution is 5.55. The number of aliphatic hydroxyl groups excluding tert-OH is 1. The molecule has 3 unspecified atom stereocenters. The molecule has 19 heavy (non-hydrogen) atoms. The van der Waals surface area contributed by atoms with E-state index in [-0.39, 0.29) is 6.10 Å². The van der Waals surface area contributed by atoms with E-state index in [2.05, 4.69) is 29.6 Å². The first kappa shape index (κ1) is 12.9. The molecule has 3 heteroatoms. The Morgan fingerprint density at radius 3 is 3.05 bits per heavy atom. The maximum absolute atomic E-state index is 8.94. The van der Waals surface area contributed by atoms with Crippen LogP contribution < -0.4 is 5.32 Å². The summed E-state index contributed by atoms with van der Waals surface area (Å²) in [7, 11) is 0. The van der Waals surface area contributed by atoms with Crippen LogP contribution in [0.4, 0.5) is 5.69 Å². The summed E-state index contributed by atoms with van der Waals surface area (Å²) in [6, 6.07) is 9.02. The minimum Gasteiger partial charge on any atom is -0.396 e. The van der Waals surface area contributed by atoms with Crippen molar-refractivity contribution in [2.24, 2.45) is 5.92 Å². The molecule has 0 amide bonds. The zero-order chi connectivity index (χ0) is 13.1. The highest BCUT2D eigenvalue weighted by Gasteiger charge is 2.38. The van der Waals surface area contributed by atoms with E-state index in [9.17, 15) is 0 Å². The van der Waals surface area contributed by atoms with Gasteiger partial charge in [-0.3, -0.25) is 0 Å². The van der Waals surface area contributed by atoms with Crippen molar-refractivity contribution in [1.29, 1.82) is 0 Å². The number of aliphatic hydroxyl groups is 1. The Hall–Kier alpha value is -1.06. The predicted molar refractivity (Wildman–Crippen MR) is 76.2 cm³/mol. The standard InChI is InChI=1S/C16H23NO2/c18-10-4-3-9-15-13-7-5-11-19-16(13)12-6-1-2-8-14(12)17-15/h1-2,6,8,13,15-18H,3-5,7,9-11H2. The largest absolute Gasteiger partial charge is 0.396 e. The molecule has 104 valence electrons. The molecule has 1 fully saturated rings. The van der Waals surface area contributed by atoms with Gasteiger partial charge in [0.25, 0.3) is 0 Å². The van der Waals surface area contributed by atoms with Crippen LogP contribution in [0.1, 0.15) is 43.8 Å². The predicted octanol–water partition coefficient (Wildman–Crippen LogP) is 3.11. The Morgan fingerprint density at radius 2 is 2.16 bits per heavy atom. The highest BCUT2D eigenvalue weighted by Crippen LogP contribution is 2.44. The van der Waals surface area contributed by atoms with Crippen molar-refractivity contribution in [1.82, 2.24) is 0 Å². The fourth-order valence-electron chi connectivity index (χ4n) is 3.48. The maximum atomic E-state index is 8.94. The van der Waals surface area contributed by atoms with Crippen LogP contribution in [0.5, 0.6) is 0 Å². The number of hydrogen-bond donors (Lipinski definition) is 2. The summed E-state index contributed by atoms with van der Waals surface area (Å²) in [6.45, 7) is 1.19. The SMILES string of the molecule is OCCCCC1Nc2ccccc2C2OCCCC12. The second-order valence-corrected chi connectivity index (χ2v) is 5.65. The molecule has 0 radical (unpaired) electrons. The summed E-state index contributed by atoms with van der Waals surface area (Å²) in [5.74, 6) is 0.586. The van der Waals surface area contributed by atoms with Gasteiger partial charge in [0.15, 0.2) is 0 Å². The molecule has 2 N–H and O–H groups in total. The average molecular weight is 261 g/mol. The van der Waals surface area contributed by atoms with Gasteiger partial charge in [-0.15, -0.1) is 0 Å². The molecule has 1 aromatic rings. The van der Waals surface area contributed by atoms with Gasteiger partial charge >= 0.3 is 0 Å². The molecule has 2 aliphatic rings. The topological polar surface area (TPSA) is 41.5 Å². The van der Waals surface area contributed by atoms with Gasteiger partial charge in [-0.25, -0.2) is 0 Å². The summed E-state index contributed by atoms with van der Waals surface area (Å²) in [5, 5.41) is 12.6. The normalized spacial score (nSPS) is 29.2. The van der Waals surface area contributed by atoms with Gasteiger partial charge in [-0.2, -0.15) is 0 Å². The molecule has 3 rings (SSSR count). The van der Waals surface area contributed by atoms with E-state index in [0.29, 0.717) is 18.6 Å². The summed E-state index contributed by atoms with van der Waals surface area (Å²) in [5.41, 5.74) is 2.56. The number of unbranched alkanes of at least 4 members (excludes halogenated alkanes) is 1. The maximum Gasteiger partial charge on any atom is 0.0892 e. The lowest BCUT2D eigenvalue weighted by Gasteiger charge is -2.43. The van der Waals surface area contributed by atoms with Gasteiger partial charge in [0.2, 0.25) is 0 Å². The minimum absolute atomic E-state index is 0.269. The second-order valence-electron chi connectivity index (χ2n) is 5.65. The highest BCUT2D eigenvalue weighted by atomic mass is 16.5. The molecule has 3 atom stereocenters. The van der Waals surface area contributed by atoms with Crippen LogP contribution in [0.15, 0.2) is 24.3 Å². The van der Waals surface area contributed by atoms with Crippen LogP contribution >= 0.6 is 0 Å².